The number of aliphatic hydroxyl groups excluding tert-OH is 3. The summed E-state index contributed by atoms with van der Waals surface area (Å²) in [5.74, 6) is -6.48. The number of hydrogen-bond donors (Lipinski definition) is 5. The van der Waals surface area contributed by atoms with Gasteiger partial charge in [-0.1, -0.05) is 76.6 Å². The van der Waals surface area contributed by atoms with Gasteiger partial charge in [0.1, 0.15) is 42.5 Å². The molecule has 0 radical (unpaired) electrons. The summed E-state index contributed by atoms with van der Waals surface area (Å²) >= 11 is 0. The number of alkyl carbamates (subject to hydrolysis) is 1. The minimum absolute atomic E-state index is 0.0224. The fourth-order valence-corrected chi connectivity index (χ4v) is 15.1. The largest absolute Gasteiger partial charge is 0.496 e. The molecule has 7 heterocycles. The maximum atomic E-state index is 14.8. The number of allylic oxidation sites excluding steroid dienone is 5. The minimum atomic E-state index is -2.62. The Bertz CT molecular complexity index is 3440. The van der Waals surface area contributed by atoms with Crippen molar-refractivity contribution in [2.45, 2.75) is 219 Å². The number of aromatic nitrogens is 3. The van der Waals surface area contributed by atoms with Crippen molar-refractivity contribution in [3.05, 3.63) is 83.5 Å². The fraction of sp³-hybridized carbons (Fsp3) is 0.658. The smallest absolute Gasteiger partial charge is 0.407 e. The zero-order chi connectivity index (χ0) is 72.1. The molecule has 2 bridgehead atoms. The second-order valence-electron chi connectivity index (χ2n) is 29.0. The number of pyridine rings is 1. The van der Waals surface area contributed by atoms with Gasteiger partial charge in [0.15, 0.2) is 11.4 Å². The molecule has 2 amide bonds. The van der Waals surface area contributed by atoms with E-state index in [1.807, 2.05) is 69.3 Å². The number of anilines is 2. The highest BCUT2D eigenvalue weighted by atomic mass is 16.6. The fourth-order valence-electron chi connectivity index (χ4n) is 15.1. The summed E-state index contributed by atoms with van der Waals surface area (Å²) in [6, 6.07) is 7.54. The van der Waals surface area contributed by atoms with Crippen LogP contribution >= 0.6 is 0 Å². The van der Waals surface area contributed by atoms with Gasteiger partial charge in [0.25, 0.3) is 11.7 Å². The molecule has 550 valence electrons. The van der Waals surface area contributed by atoms with Crippen molar-refractivity contribution in [1.82, 2.24) is 25.2 Å². The van der Waals surface area contributed by atoms with Crippen LogP contribution in [-0.2, 0) is 58.9 Å². The number of ether oxygens (including phenoxy) is 8. The van der Waals surface area contributed by atoms with Crippen molar-refractivity contribution in [3.8, 4) is 17.0 Å². The molecule has 100 heavy (non-hydrogen) atoms. The van der Waals surface area contributed by atoms with E-state index in [0.29, 0.717) is 131 Å². The Morgan fingerprint density at radius 1 is 0.770 bits per heavy atom. The molecule has 6 aliphatic rings. The van der Waals surface area contributed by atoms with E-state index < -0.39 is 96.0 Å². The van der Waals surface area contributed by atoms with E-state index in [0.717, 1.165) is 16.8 Å². The van der Waals surface area contributed by atoms with Crippen LogP contribution in [0.15, 0.2) is 77.9 Å². The molecule has 3 aromatic rings. The molecule has 1 aliphatic carbocycles. The first-order valence-corrected chi connectivity index (χ1v) is 36.1. The number of carbonyl (C=O) groups excluding carboxylic acids is 5. The highest BCUT2D eigenvalue weighted by Gasteiger charge is 2.53. The number of carbonyl (C=O) groups is 5. The van der Waals surface area contributed by atoms with Crippen molar-refractivity contribution < 1.29 is 82.3 Å². The van der Waals surface area contributed by atoms with Crippen molar-refractivity contribution in [3.63, 3.8) is 0 Å². The van der Waals surface area contributed by atoms with Gasteiger partial charge in [0.05, 0.1) is 87.2 Å². The van der Waals surface area contributed by atoms with Gasteiger partial charge in [-0.25, -0.2) is 14.6 Å². The Hall–Kier alpha value is -6.74. The summed E-state index contributed by atoms with van der Waals surface area (Å²) in [4.78, 5) is 93.7. The molecule has 9 rings (SSSR count). The zero-order valence-electron chi connectivity index (χ0n) is 60.6. The SMILES string of the molecule is COc1ccc(-c2ccc3c(N4CCOC[C@@H]4C)nc(N4CCOC[C@@H]4C)nc3n2)cc1COC(=O)NC1C[C@@H]2CC[C@@H](C)[C@@](O)(O2)C(=O)C(=O)N2CCCC[C@H]2C(=O)O[C@H]([C@H](C)C[C@@H]2CC[C@@H](O)[C@H](OC)C2)CC(O)[C@H](C)/C=C(\C)[C@@H](O)[C@@H](OC)C(=O)[C@H](C)C[C@H](C)/C=C/C=CC=C1C. The number of fused-ring (bicyclic) bond motifs is 4. The first-order valence-electron chi connectivity index (χ1n) is 36.1. The Balaban J connectivity index is 0.981. The van der Waals surface area contributed by atoms with Crippen molar-refractivity contribution in [2.24, 2.45) is 35.5 Å². The highest BCUT2D eigenvalue weighted by molar-refractivity contribution is 6.39. The van der Waals surface area contributed by atoms with E-state index >= 15 is 0 Å². The third-order valence-corrected chi connectivity index (χ3v) is 21.5. The van der Waals surface area contributed by atoms with Gasteiger partial charge in [0.2, 0.25) is 11.7 Å². The average molecular weight is 1390 g/mol. The number of Topliss-reactive ketones (excluding diaryl/α,β-unsaturated/α-hetero) is 2. The standard InChI is InChI=1S/C76H109N7O17/c1-44-18-14-13-15-19-45(2)59(78-75(91)98-43-55-38-54(23-28-63(55)93-10)58-26-25-57-70(77-58)79-74(82-31-33-97-42-52(82)9)80-71(57)81-30-32-96-41-51(81)8)39-56-24-21-50(7)76(92,100-56)69(88)72(89)83-29-17-16-20-60(83)73(90)99-64(47(4)36-53-22-27-61(84)65(37-53)94-11)40-62(85)46(3)35-49(6)67(87)68(95-12)66(86)48(5)34-44/h13-15,18-19,23,25-26,28,35,38,44,46-48,50-53,56,59-62,64-65,67-68,84-85,87,92H,16-17,20-22,24,27,29-34,36-37,39-43H2,1-12H3,(H,78,91)/b15-13?,18-14+,45-19?,49-35+/t44-,46-,47-,48-,50-,51+,52+,53+,56+,59?,60+,61-,62?,64+,65-,67-,68+,76-/m1/s1. The second kappa shape index (κ2) is 35.4. The summed E-state index contributed by atoms with van der Waals surface area (Å²) in [5, 5.41) is 50.7. The van der Waals surface area contributed by atoms with Gasteiger partial charge in [-0.05, 0) is 152 Å². The van der Waals surface area contributed by atoms with Crippen LogP contribution in [0.4, 0.5) is 16.6 Å². The average Bonchev–Trinajstić information content (AvgIpc) is 0.772. The summed E-state index contributed by atoms with van der Waals surface area (Å²) in [6.45, 7) is 20.1. The number of hydrogen-bond acceptors (Lipinski definition) is 22. The van der Waals surface area contributed by atoms with Gasteiger partial charge in [-0.2, -0.15) is 9.97 Å². The lowest BCUT2D eigenvalue weighted by Crippen LogP contribution is -2.61. The third kappa shape index (κ3) is 18.9. The normalized spacial score (nSPS) is 33.5. The van der Waals surface area contributed by atoms with Crippen LogP contribution in [0.5, 0.6) is 5.75 Å². The van der Waals surface area contributed by atoms with E-state index in [1.54, 1.807) is 53.0 Å². The number of morpholine rings is 2. The monoisotopic (exact) mass is 1390 g/mol. The van der Waals surface area contributed by atoms with E-state index in [1.165, 1.54) is 19.1 Å². The molecule has 5 N–H and O–H groups in total. The number of nitrogens with zero attached hydrogens (tertiary/aromatic N) is 6. The molecule has 4 saturated heterocycles. The molecule has 5 aliphatic heterocycles. The lowest BCUT2D eigenvalue weighted by molar-refractivity contribution is -0.264. The third-order valence-electron chi connectivity index (χ3n) is 21.5. The van der Waals surface area contributed by atoms with Gasteiger partial charge in [-0.15, -0.1) is 0 Å². The molecular formula is C76H109N7O17. The van der Waals surface area contributed by atoms with Crippen LogP contribution < -0.4 is 19.9 Å². The number of methoxy groups -OCH3 is 3. The van der Waals surface area contributed by atoms with Gasteiger partial charge in [-0.3, -0.25) is 14.4 Å². The molecule has 0 spiro atoms. The topological polar surface area (TPSA) is 301 Å². The number of benzene rings is 1. The summed E-state index contributed by atoms with van der Waals surface area (Å²) in [6.07, 6.45) is 8.38. The number of nitrogens with one attached hydrogen (secondary N) is 1. The van der Waals surface area contributed by atoms with Crippen molar-refractivity contribution >= 4 is 52.3 Å². The predicted octanol–water partition coefficient (Wildman–Crippen LogP) is 8.72. The Morgan fingerprint density at radius 2 is 1.51 bits per heavy atom. The van der Waals surface area contributed by atoms with Crippen LogP contribution in [0.2, 0.25) is 0 Å². The molecule has 2 aromatic heterocycles. The predicted molar refractivity (Wildman–Crippen MR) is 377 cm³/mol. The van der Waals surface area contributed by atoms with Crippen LogP contribution in [0.25, 0.3) is 22.3 Å². The number of amides is 2. The highest BCUT2D eigenvalue weighted by Crippen LogP contribution is 2.39. The lowest BCUT2D eigenvalue weighted by atomic mass is 9.78. The molecule has 24 nitrogen and oxygen atoms in total. The minimum Gasteiger partial charge on any atom is -0.496 e. The molecule has 1 aromatic carbocycles. The maximum absolute atomic E-state index is 14.8. The zero-order valence-corrected chi connectivity index (χ0v) is 60.6. The Labute approximate surface area is 589 Å². The number of aliphatic hydroxyl groups is 4. The van der Waals surface area contributed by atoms with Gasteiger partial charge >= 0.3 is 12.1 Å². The van der Waals surface area contributed by atoms with Crippen molar-refractivity contribution in [2.75, 3.05) is 77.2 Å². The maximum Gasteiger partial charge on any atom is 0.407 e. The molecule has 1 saturated carbocycles. The molecule has 5 fully saturated rings. The van der Waals surface area contributed by atoms with E-state index in [4.69, 9.17) is 52.8 Å². The van der Waals surface area contributed by atoms with Crippen LogP contribution in [0, 0.1) is 35.5 Å². The van der Waals surface area contributed by atoms with Crippen LogP contribution in [0.3, 0.4) is 0 Å². The Kier molecular flexibility index (Phi) is 27.4. The summed E-state index contributed by atoms with van der Waals surface area (Å²) in [7, 11) is 4.48. The number of rotatable bonds is 12. The molecule has 2 unspecified atom stereocenters. The Morgan fingerprint density at radius 3 is 2.22 bits per heavy atom. The second-order valence-corrected chi connectivity index (χ2v) is 29.0. The van der Waals surface area contributed by atoms with Crippen LogP contribution in [0.1, 0.15) is 145 Å². The summed E-state index contributed by atoms with van der Waals surface area (Å²) < 4.78 is 47.5. The van der Waals surface area contributed by atoms with E-state index in [9.17, 15) is 44.4 Å². The van der Waals surface area contributed by atoms with E-state index in [2.05, 4.69) is 29.0 Å². The summed E-state index contributed by atoms with van der Waals surface area (Å²) in [5.41, 5.74) is 3.47. The molecule has 24 heteroatoms. The van der Waals surface area contributed by atoms with Gasteiger partial charge < -0.3 is 78.3 Å². The lowest BCUT2D eigenvalue weighted by Gasteiger charge is -2.43. The number of esters is 1. The van der Waals surface area contributed by atoms with Crippen LogP contribution in [-0.4, -0.2) is 210 Å². The quantitative estimate of drug-likeness (QED) is 0.0643. The first-order chi connectivity index (χ1) is 47.8. The molecular weight excluding hydrogens is 1280 g/mol. The van der Waals surface area contributed by atoms with Gasteiger partial charge in [0, 0.05) is 69.2 Å². The number of ketones is 2. The molecule has 18 atom stereocenters. The van der Waals surface area contributed by atoms with Crippen molar-refractivity contribution in [1.29, 1.82) is 0 Å². The first kappa shape index (κ1) is 77.4. The van der Waals surface area contributed by atoms with E-state index in [-0.39, 0.29) is 80.6 Å². The number of piperidine rings is 1. The number of cyclic esters (lactones) is 1.